The lowest BCUT2D eigenvalue weighted by Gasteiger charge is -2.52. The number of nitrogens with one attached hydrogen (secondary N) is 1. The number of aliphatic hydroxyl groups is 1. The van der Waals surface area contributed by atoms with Crippen LogP contribution in [0.3, 0.4) is 0 Å². The summed E-state index contributed by atoms with van der Waals surface area (Å²) in [6, 6.07) is 0. The van der Waals surface area contributed by atoms with Crippen molar-refractivity contribution >= 4 is 45.6 Å². The van der Waals surface area contributed by atoms with Crippen molar-refractivity contribution in [3.8, 4) is 0 Å². The summed E-state index contributed by atoms with van der Waals surface area (Å²) in [5.74, 6) is 0. The van der Waals surface area contributed by atoms with Crippen molar-refractivity contribution in [2.24, 2.45) is 0 Å². The first-order chi connectivity index (χ1) is 15.5. The van der Waals surface area contributed by atoms with Gasteiger partial charge in [-0.3, -0.25) is 32.7 Å². The van der Waals surface area contributed by atoms with E-state index in [1.807, 2.05) is 0 Å². The minimum Gasteiger partial charge on any atom is -0.377 e. The third-order valence-electron chi connectivity index (χ3n) is 4.89. The second-order valence-corrected chi connectivity index (χ2v) is 18.7. The molecule has 36 heavy (non-hydrogen) atoms. The Morgan fingerprint density at radius 2 is 0.833 bits per heavy atom. The summed E-state index contributed by atoms with van der Waals surface area (Å²) in [5, 5.41) is 12.0. The molecule has 0 spiro atoms. The quantitative estimate of drug-likeness (QED) is 0.0689. The summed E-state index contributed by atoms with van der Waals surface area (Å²) in [5.41, 5.74) is -13.9. The van der Waals surface area contributed by atoms with E-state index in [-0.39, 0.29) is 0 Å². The van der Waals surface area contributed by atoms with Gasteiger partial charge in [0.1, 0.15) is 6.23 Å². The van der Waals surface area contributed by atoms with E-state index in [9.17, 15) is 91.2 Å². The summed E-state index contributed by atoms with van der Waals surface area (Å²) in [7, 11) is -37.3. The highest BCUT2D eigenvalue weighted by atomic mass is 31.2. The van der Waals surface area contributed by atoms with Crippen molar-refractivity contribution in [3.05, 3.63) is 0 Å². The van der Waals surface area contributed by atoms with Gasteiger partial charge in [0, 0.05) is 0 Å². The average molecular weight is 654 g/mol. The predicted molar refractivity (Wildman–Crippen MR) is 118 cm³/mol. The Bertz CT molecular complexity index is 941. The van der Waals surface area contributed by atoms with Gasteiger partial charge in [0.05, 0.1) is 5.54 Å². The summed E-state index contributed by atoms with van der Waals surface area (Å²) < 4.78 is 71.7. The van der Waals surface area contributed by atoms with Gasteiger partial charge in [0.25, 0.3) is 0 Å². The molecule has 0 aromatic heterocycles. The standard InChI is InChI=1S/C9H28N2O19P6/c1-3-9(4-2,5(12)10-6(31(13,14)15)32(16,17)18)11(7(33(19,20)21)34(22,23)24)8(35(25,26)27)36(28,29)30/h5-8,10,12H,3-4H2,1-2H3,(H2,13,14,15)(H2,16,17,18)(H2,19,20,21)(H2,22,23,24)(H2,25,26,27)(H2,28,29,30). The molecule has 0 amide bonds. The van der Waals surface area contributed by atoms with Gasteiger partial charge in [-0.2, -0.15) is 0 Å². The van der Waals surface area contributed by atoms with Gasteiger partial charge in [-0.05, 0) is 12.8 Å². The first-order valence-corrected chi connectivity index (χ1v) is 19.1. The van der Waals surface area contributed by atoms with E-state index in [1.54, 1.807) is 0 Å². The van der Waals surface area contributed by atoms with Crippen LogP contribution in [0.5, 0.6) is 0 Å². The van der Waals surface area contributed by atoms with Crippen LogP contribution in [0.1, 0.15) is 26.7 Å². The lowest BCUT2D eigenvalue weighted by Crippen LogP contribution is -2.66. The molecule has 27 heteroatoms. The van der Waals surface area contributed by atoms with Crippen LogP contribution in [-0.2, 0) is 27.4 Å². The number of nitrogens with zero attached hydrogens (tertiary/aromatic N) is 1. The molecule has 14 N–H and O–H groups in total. The molecule has 1 unspecified atom stereocenters. The van der Waals surface area contributed by atoms with Gasteiger partial charge in [0.15, 0.2) is 0 Å². The zero-order valence-corrected chi connectivity index (χ0v) is 23.5. The van der Waals surface area contributed by atoms with E-state index in [1.165, 1.54) is 5.32 Å². The lowest BCUT2D eigenvalue weighted by atomic mass is 9.89. The second kappa shape index (κ2) is 11.7. The number of hydrogen-bond donors (Lipinski definition) is 14. The number of aliphatic hydroxyl groups excluding tert-OH is 1. The third kappa shape index (κ3) is 8.90. The average Bonchev–Trinajstić information content (AvgIpc) is 2.54. The Kier molecular flexibility index (Phi) is 12.0. The fourth-order valence-electron chi connectivity index (χ4n) is 3.45. The van der Waals surface area contributed by atoms with Gasteiger partial charge in [-0.15, -0.1) is 0 Å². The van der Waals surface area contributed by atoms with E-state index in [0.29, 0.717) is 0 Å². The van der Waals surface area contributed by atoms with E-state index >= 15 is 0 Å². The maximum Gasteiger partial charge on any atom is 0.355 e. The fraction of sp³-hybridized carbons (Fsp3) is 1.00. The first kappa shape index (κ1) is 36.8. The number of hydrogen-bond acceptors (Lipinski definition) is 9. The predicted octanol–water partition coefficient (Wildman–Crippen LogP) is -2.33. The Hall–Kier alpha value is 0.780. The van der Waals surface area contributed by atoms with Crippen LogP contribution in [-0.4, -0.2) is 97.1 Å². The van der Waals surface area contributed by atoms with E-state index in [0.717, 1.165) is 13.8 Å². The van der Waals surface area contributed by atoms with Crippen molar-refractivity contribution in [2.45, 2.75) is 55.0 Å². The van der Waals surface area contributed by atoms with Crippen molar-refractivity contribution in [1.82, 2.24) is 10.2 Å². The van der Waals surface area contributed by atoms with Gasteiger partial charge in [-0.1, -0.05) is 13.8 Å². The summed E-state index contributed by atoms with van der Waals surface area (Å²) in [6.07, 6.45) is -5.02. The maximum absolute atomic E-state index is 12.1. The van der Waals surface area contributed by atoms with Crippen LogP contribution in [0.15, 0.2) is 0 Å². The van der Waals surface area contributed by atoms with Gasteiger partial charge >= 0.3 is 45.6 Å². The van der Waals surface area contributed by atoms with Crippen molar-refractivity contribution < 1.29 is 91.2 Å². The molecule has 0 rings (SSSR count). The van der Waals surface area contributed by atoms with E-state index < -0.39 is 91.7 Å². The van der Waals surface area contributed by atoms with E-state index in [2.05, 4.69) is 0 Å². The summed E-state index contributed by atoms with van der Waals surface area (Å²) >= 11 is 0. The lowest BCUT2D eigenvalue weighted by molar-refractivity contribution is -0.0601. The first-order valence-electron chi connectivity index (χ1n) is 9.03. The van der Waals surface area contributed by atoms with Crippen molar-refractivity contribution in [2.75, 3.05) is 0 Å². The second-order valence-electron chi connectivity index (χ2n) is 7.39. The SMILES string of the molecule is CCC(CC)(C(O)NC(P(=O)(O)O)P(=O)(O)O)N(C(P(=O)(O)O)P(=O)(O)O)C(P(=O)(O)O)P(=O)(O)O. The molecule has 218 valence electrons. The topological polar surface area (TPSA) is 381 Å². The maximum atomic E-state index is 12.1. The fourth-order valence-corrected chi connectivity index (χ4v) is 12.0. The monoisotopic (exact) mass is 654 g/mol. The molecule has 0 saturated heterocycles. The molecule has 0 fully saturated rings. The molecule has 0 bridgehead atoms. The van der Waals surface area contributed by atoms with Crippen LogP contribution in [0.2, 0.25) is 0 Å². The Morgan fingerprint density at radius 3 is 1.00 bits per heavy atom. The van der Waals surface area contributed by atoms with Crippen LogP contribution in [0, 0.1) is 0 Å². The molecule has 0 aliphatic carbocycles. The Morgan fingerprint density at radius 1 is 0.583 bits per heavy atom. The molecule has 0 saturated carbocycles. The largest absolute Gasteiger partial charge is 0.377 e. The zero-order valence-electron chi connectivity index (χ0n) is 18.1. The summed E-state index contributed by atoms with van der Waals surface area (Å²) in [6.45, 7) is 1.77. The molecule has 0 radical (unpaired) electrons. The van der Waals surface area contributed by atoms with Crippen LogP contribution >= 0.6 is 45.6 Å². The minimum absolute atomic E-state index is 0.732. The van der Waals surface area contributed by atoms with Crippen LogP contribution in [0.25, 0.3) is 0 Å². The molecule has 0 aromatic rings. The molecule has 0 aliphatic heterocycles. The van der Waals surface area contributed by atoms with Gasteiger partial charge in [-0.25, -0.2) is 4.90 Å². The van der Waals surface area contributed by atoms with Crippen LogP contribution in [0.4, 0.5) is 0 Å². The van der Waals surface area contributed by atoms with Crippen molar-refractivity contribution in [1.29, 1.82) is 0 Å². The highest BCUT2D eigenvalue weighted by molar-refractivity contribution is 7.72. The molecule has 0 aromatic carbocycles. The summed E-state index contributed by atoms with van der Waals surface area (Å²) in [4.78, 5) is 114. The smallest absolute Gasteiger partial charge is 0.355 e. The molecule has 0 heterocycles. The highest BCUT2D eigenvalue weighted by Crippen LogP contribution is 2.71. The molecule has 1 atom stereocenters. The molecule has 0 aliphatic rings. The Labute approximate surface area is 202 Å². The number of rotatable bonds is 14. The Balaban J connectivity index is 7.77. The molecular formula is C9H28N2O19P6. The van der Waals surface area contributed by atoms with Gasteiger partial charge < -0.3 is 63.8 Å². The third-order valence-corrected chi connectivity index (χ3v) is 15.3. The van der Waals surface area contributed by atoms with Crippen LogP contribution < -0.4 is 5.32 Å². The van der Waals surface area contributed by atoms with Crippen molar-refractivity contribution in [3.63, 3.8) is 0 Å². The highest BCUT2D eigenvalue weighted by Gasteiger charge is 2.65. The zero-order chi connectivity index (χ0) is 29.5. The van der Waals surface area contributed by atoms with Gasteiger partial charge in [0.2, 0.25) is 16.6 Å². The minimum atomic E-state index is -6.38. The normalized spacial score (nSPS) is 16.4. The molecular weight excluding hydrogens is 626 g/mol. The van der Waals surface area contributed by atoms with E-state index in [4.69, 9.17) is 0 Å². The molecule has 21 nitrogen and oxygen atoms in total.